The SMILES string of the molecule is CCc1cc(-c2c(C)ccc3ccccc23)ccc1N(c1ccc(-c2c(C)ccc3ccccc23)cc1C)c1ccc(-c2c(C)ccc3ccccc23)cc1C. The smallest absolute Gasteiger partial charge is 0.0494 e. The lowest BCUT2D eigenvalue weighted by atomic mass is 9.90. The Balaban J connectivity index is 1.24. The van der Waals surface area contributed by atoms with Crippen molar-refractivity contribution in [3.8, 4) is 33.4 Å². The number of fused-ring (bicyclic) bond motifs is 3. The first-order chi connectivity index (χ1) is 27.3. The van der Waals surface area contributed by atoms with E-state index in [-0.39, 0.29) is 0 Å². The van der Waals surface area contributed by atoms with Crippen molar-refractivity contribution in [2.75, 3.05) is 4.90 Å². The predicted molar refractivity (Wildman–Crippen MR) is 243 cm³/mol. The summed E-state index contributed by atoms with van der Waals surface area (Å²) in [5.41, 5.74) is 18.9. The van der Waals surface area contributed by atoms with Gasteiger partial charge in [0, 0.05) is 17.1 Å². The molecule has 0 aliphatic carbocycles. The molecule has 9 aromatic rings. The molecular formula is C55H47N. The second-order valence-electron chi connectivity index (χ2n) is 15.5. The molecule has 1 nitrogen and oxygen atoms in total. The number of anilines is 3. The zero-order valence-corrected chi connectivity index (χ0v) is 33.2. The summed E-state index contributed by atoms with van der Waals surface area (Å²) >= 11 is 0. The molecule has 0 aliphatic heterocycles. The molecule has 0 bridgehead atoms. The summed E-state index contributed by atoms with van der Waals surface area (Å²) in [6.45, 7) is 13.5. The van der Waals surface area contributed by atoms with E-state index in [9.17, 15) is 0 Å². The molecular weight excluding hydrogens is 675 g/mol. The Bertz CT molecular complexity index is 2830. The summed E-state index contributed by atoms with van der Waals surface area (Å²) < 4.78 is 0. The highest BCUT2D eigenvalue weighted by atomic mass is 15.1. The Morgan fingerprint density at radius 1 is 0.339 bits per heavy atom. The molecule has 0 fully saturated rings. The van der Waals surface area contributed by atoms with Gasteiger partial charge in [-0.25, -0.2) is 0 Å². The van der Waals surface area contributed by atoms with E-state index in [4.69, 9.17) is 0 Å². The van der Waals surface area contributed by atoms with Crippen LogP contribution in [0.15, 0.2) is 164 Å². The van der Waals surface area contributed by atoms with Crippen LogP contribution in [-0.4, -0.2) is 0 Å². The number of aryl methyl sites for hydroxylation is 6. The number of hydrogen-bond acceptors (Lipinski definition) is 1. The van der Waals surface area contributed by atoms with Crippen molar-refractivity contribution in [2.45, 2.75) is 48.0 Å². The van der Waals surface area contributed by atoms with Crippen LogP contribution in [0.5, 0.6) is 0 Å². The summed E-state index contributed by atoms with van der Waals surface area (Å²) in [6.07, 6.45) is 0.905. The average molecular weight is 722 g/mol. The lowest BCUT2D eigenvalue weighted by Crippen LogP contribution is -2.15. The molecule has 0 atom stereocenters. The quantitative estimate of drug-likeness (QED) is 0.158. The van der Waals surface area contributed by atoms with Crippen molar-refractivity contribution < 1.29 is 0 Å². The van der Waals surface area contributed by atoms with Crippen LogP contribution in [0.3, 0.4) is 0 Å². The number of hydrogen-bond donors (Lipinski definition) is 0. The molecule has 0 aliphatic rings. The van der Waals surface area contributed by atoms with E-state index >= 15 is 0 Å². The monoisotopic (exact) mass is 721 g/mol. The Hall–Kier alpha value is -6.44. The van der Waals surface area contributed by atoms with Crippen LogP contribution in [-0.2, 0) is 6.42 Å². The Morgan fingerprint density at radius 2 is 0.696 bits per heavy atom. The molecule has 0 spiro atoms. The third-order valence-electron chi connectivity index (χ3n) is 11.9. The summed E-state index contributed by atoms with van der Waals surface area (Å²) in [5, 5.41) is 7.68. The van der Waals surface area contributed by atoms with E-state index in [2.05, 4.69) is 210 Å². The minimum Gasteiger partial charge on any atom is -0.310 e. The molecule has 0 amide bonds. The molecule has 1 heteroatoms. The van der Waals surface area contributed by atoms with Gasteiger partial charge in [0.1, 0.15) is 0 Å². The highest BCUT2D eigenvalue weighted by Gasteiger charge is 2.22. The zero-order chi connectivity index (χ0) is 38.5. The second-order valence-corrected chi connectivity index (χ2v) is 15.5. The fourth-order valence-electron chi connectivity index (χ4n) is 9.05. The van der Waals surface area contributed by atoms with Crippen LogP contribution in [0, 0.1) is 34.6 Å². The van der Waals surface area contributed by atoms with Gasteiger partial charge in [-0.3, -0.25) is 0 Å². The van der Waals surface area contributed by atoms with Gasteiger partial charge in [-0.1, -0.05) is 134 Å². The van der Waals surface area contributed by atoms with Gasteiger partial charge in [-0.15, -0.1) is 0 Å². The number of benzene rings is 9. The van der Waals surface area contributed by atoms with E-state index in [0.29, 0.717) is 0 Å². The summed E-state index contributed by atoms with van der Waals surface area (Å²) in [7, 11) is 0. The molecule has 0 N–H and O–H groups in total. The highest BCUT2D eigenvalue weighted by Crippen LogP contribution is 2.45. The maximum atomic E-state index is 2.52. The van der Waals surface area contributed by atoms with Crippen molar-refractivity contribution >= 4 is 49.4 Å². The summed E-state index contributed by atoms with van der Waals surface area (Å²) in [5.74, 6) is 0. The van der Waals surface area contributed by atoms with E-state index < -0.39 is 0 Å². The lowest BCUT2D eigenvalue weighted by Gasteiger charge is -2.31. The van der Waals surface area contributed by atoms with Crippen molar-refractivity contribution in [3.05, 3.63) is 197 Å². The molecule has 0 heterocycles. The fourth-order valence-corrected chi connectivity index (χ4v) is 9.05. The first kappa shape index (κ1) is 35.3. The molecule has 56 heavy (non-hydrogen) atoms. The van der Waals surface area contributed by atoms with Gasteiger partial charge >= 0.3 is 0 Å². The van der Waals surface area contributed by atoms with Crippen LogP contribution < -0.4 is 4.90 Å². The lowest BCUT2D eigenvalue weighted by molar-refractivity contribution is 1.11. The molecule has 0 radical (unpaired) electrons. The maximum absolute atomic E-state index is 2.52. The predicted octanol–water partition coefficient (Wildman–Crippen LogP) is 15.7. The zero-order valence-electron chi connectivity index (χ0n) is 33.2. The van der Waals surface area contributed by atoms with Crippen molar-refractivity contribution in [1.82, 2.24) is 0 Å². The Kier molecular flexibility index (Phi) is 9.02. The average Bonchev–Trinajstić information content (AvgIpc) is 3.22. The first-order valence-electron chi connectivity index (χ1n) is 19.9. The van der Waals surface area contributed by atoms with Gasteiger partial charge in [0.15, 0.2) is 0 Å². The van der Waals surface area contributed by atoms with Gasteiger partial charge in [0.05, 0.1) is 0 Å². The highest BCUT2D eigenvalue weighted by molar-refractivity contribution is 6.01. The molecule has 9 aromatic carbocycles. The van der Waals surface area contributed by atoms with Gasteiger partial charge in [-0.05, 0) is 177 Å². The fraction of sp³-hybridized carbons (Fsp3) is 0.127. The first-order valence-corrected chi connectivity index (χ1v) is 19.9. The molecule has 0 unspecified atom stereocenters. The maximum Gasteiger partial charge on any atom is 0.0494 e. The normalized spacial score (nSPS) is 11.5. The number of nitrogens with zero attached hydrogens (tertiary/aromatic N) is 1. The minimum absolute atomic E-state index is 0.905. The van der Waals surface area contributed by atoms with E-state index in [0.717, 1.165) is 6.42 Å². The van der Waals surface area contributed by atoms with Crippen LogP contribution in [0.1, 0.15) is 40.3 Å². The Labute approximate surface area is 331 Å². The molecule has 272 valence electrons. The van der Waals surface area contributed by atoms with Crippen molar-refractivity contribution in [1.29, 1.82) is 0 Å². The van der Waals surface area contributed by atoms with Gasteiger partial charge in [0.25, 0.3) is 0 Å². The molecule has 0 saturated carbocycles. The van der Waals surface area contributed by atoms with Crippen LogP contribution >= 0.6 is 0 Å². The second kappa shape index (κ2) is 14.3. The standard InChI is InChI=1S/C55H47N/c1-7-40-34-46(55-37(4)22-25-43-16-10-13-19-49(43)55)28-31-52(40)56(50-29-26-44(32-38(50)5)53-35(2)20-23-41-14-8-11-17-47(41)53)51-30-27-45(33-39(51)6)54-36(3)21-24-42-15-9-12-18-48(42)54/h8-34H,7H2,1-6H3. The minimum atomic E-state index is 0.905. The van der Waals surface area contributed by atoms with Crippen molar-refractivity contribution in [3.63, 3.8) is 0 Å². The van der Waals surface area contributed by atoms with Crippen molar-refractivity contribution in [2.24, 2.45) is 0 Å². The van der Waals surface area contributed by atoms with Crippen LogP contribution in [0.4, 0.5) is 17.1 Å². The summed E-state index contributed by atoms with van der Waals surface area (Å²) in [4.78, 5) is 2.52. The summed E-state index contributed by atoms with van der Waals surface area (Å²) in [6, 6.07) is 61.0. The van der Waals surface area contributed by atoms with Gasteiger partial charge in [-0.2, -0.15) is 0 Å². The van der Waals surface area contributed by atoms with Crippen LogP contribution in [0.2, 0.25) is 0 Å². The molecule has 0 saturated heterocycles. The van der Waals surface area contributed by atoms with E-state index in [1.54, 1.807) is 0 Å². The van der Waals surface area contributed by atoms with E-state index in [1.807, 2.05) is 0 Å². The molecule has 0 aromatic heterocycles. The largest absolute Gasteiger partial charge is 0.310 e. The van der Waals surface area contributed by atoms with Gasteiger partial charge in [0.2, 0.25) is 0 Å². The molecule has 9 rings (SSSR count). The topological polar surface area (TPSA) is 3.24 Å². The third kappa shape index (κ3) is 6.05. The van der Waals surface area contributed by atoms with Gasteiger partial charge < -0.3 is 4.90 Å². The third-order valence-corrected chi connectivity index (χ3v) is 11.9. The van der Waals surface area contributed by atoms with E-state index in [1.165, 1.54) is 116 Å². The van der Waals surface area contributed by atoms with Crippen LogP contribution in [0.25, 0.3) is 65.7 Å². The Morgan fingerprint density at radius 3 is 1.07 bits per heavy atom. The number of rotatable bonds is 7.